The second-order valence-electron chi connectivity index (χ2n) is 6.36. The maximum absolute atomic E-state index is 12.6. The van der Waals surface area contributed by atoms with Gasteiger partial charge in [-0.25, -0.2) is 0 Å². The first-order valence-corrected chi connectivity index (χ1v) is 9.47. The Morgan fingerprint density at radius 1 is 1.19 bits per heavy atom. The lowest BCUT2D eigenvalue weighted by Gasteiger charge is -2.16. The van der Waals surface area contributed by atoms with Crippen LogP contribution in [0.5, 0.6) is 5.75 Å². The monoisotopic (exact) mass is 408 g/mol. The molecule has 2 aromatic rings. The van der Waals surface area contributed by atoms with Crippen LogP contribution in [-0.4, -0.2) is 23.5 Å². The van der Waals surface area contributed by atoms with Gasteiger partial charge in [-0.1, -0.05) is 53.5 Å². The normalized spacial score (nSPS) is 11.9. The average Bonchev–Trinajstić information content (AvgIpc) is 2.65. The van der Waals surface area contributed by atoms with Crippen LogP contribution in [0.2, 0.25) is 10.0 Å². The number of esters is 1. The summed E-state index contributed by atoms with van der Waals surface area (Å²) in [5.74, 6) is -1.34. The molecule has 6 heteroatoms. The molecule has 0 aromatic heterocycles. The fourth-order valence-electron chi connectivity index (χ4n) is 2.84. The highest BCUT2D eigenvalue weighted by Crippen LogP contribution is 2.36. The van der Waals surface area contributed by atoms with Gasteiger partial charge in [-0.15, -0.1) is 0 Å². The van der Waals surface area contributed by atoms with Gasteiger partial charge in [-0.2, -0.15) is 0 Å². The number of hydrogen-bond donors (Lipinski definition) is 1. The minimum atomic E-state index is -0.585. The van der Waals surface area contributed by atoms with Gasteiger partial charge in [-0.05, 0) is 37.5 Å². The van der Waals surface area contributed by atoms with E-state index < -0.39 is 11.9 Å². The Morgan fingerprint density at radius 3 is 2.48 bits per heavy atom. The Hall–Kier alpha value is -2.04. The van der Waals surface area contributed by atoms with E-state index in [1.54, 1.807) is 13.8 Å². The van der Waals surface area contributed by atoms with Crippen LogP contribution in [0.4, 0.5) is 0 Å². The van der Waals surface area contributed by atoms with E-state index in [4.69, 9.17) is 27.9 Å². The zero-order valence-corrected chi connectivity index (χ0v) is 16.8. The number of phenols is 1. The summed E-state index contributed by atoms with van der Waals surface area (Å²) < 4.78 is 5.12. The van der Waals surface area contributed by atoms with Gasteiger partial charge in [0.25, 0.3) is 0 Å². The van der Waals surface area contributed by atoms with Crippen molar-refractivity contribution >= 4 is 35.0 Å². The van der Waals surface area contributed by atoms with Gasteiger partial charge in [-0.3, -0.25) is 9.59 Å². The first kappa shape index (κ1) is 21.3. The van der Waals surface area contributed by atoms with Crippen LogP contribution in [0.1, 0.15) is 30.0 Å². The summed E-state index contributed by atoms with van der Waals surface area (Å²) >= 11 is 12.2. The van der Waals surface area contributed by atoms with Gasteiger partial charge >= 0.3 is 5.97 Å². The van der Waals surface area contributed by atoms with Gasteiger partial charge < -0.3 is 9.84 Å². The van der Waals surface area contributed by atoms with Crippen LogP contribution in [0, 0.1) is 12.8 Å². The number of hydrogen-bond acceptors (Lipinski definition) is 4. The minimum Gasteiger partial charge on any atom is -0.506 e. The molecule has 1 unspecified atom stereocenters. The Bertz CT molecular complexity index is 819. The van der Waals surface area contributed by atoms with Crippen LogP contribution < -0.4 is 0 Å². The van der Waals surface area contributed by atoms with Crippen molar-refractivity contribution in [2.24, 2.45) is 5.92 Å². The molecule has 1 N–H and O–H groups in total. The number of ether oxygens (including phenoxy) is 1. The van der Waals surface area contributed by atoms with Gasteiger partial charge in [0.15, 0.2) is 0 Å². The summed E-state index contributed by atoms with van der Waals surface area (Å²) in [5, 5.41) is 10.7. The molecule has 27 heavy (non-hydrogen) atoms. The number of benzene rings is 2. The third-order valence-corrected chi connectivity index (χ3v) is 5.16. The Morgan fingerprint density at radius 2 is 1.85 bits per heavy atom. The van der Waals surface area contributed by atoms with Crippen molar-refractivity contribution in [2.75, 3.05) is 6.61 Å². The van der Waals surface area contributed by atoms with Gasteiger partial charge in [0.05, 0.1) is 17.5 Å². The largest absolute Gasteiger partial charge is 0.506 e. The van der Waals surface area contributed by atoms with Crippen LogP contribution in [-0.2, 0) is 27.2 Å². The lowest BCUT2D eigenvalue weighted by Crippen LogP contribution is -2.24. The van der Waals surface area contributed by atoms with E-state index in [1.165, 1.54) is 6.07 Å². The molecule has 0 heterocycles. The lowest BCUT2D eigenvalue weighted by atomic mass is 9.92. The number of Topliss-reactive ketones (excluding diaryl/α,β-unsaturated/α-hetero) is 1. The molecule has 0 radical (unpaired) electrons. The average molecular weight is 409 g/mol. The fraction of sp³-hybridized carbons (Fsp3) is 0.333. The van der Waals surface area contributed by atoms with Crippen LogP contribution in [0.3, 0.4) is 0 Å². The molecule has 0 amide bonds. The second kappa shape index (κ2) is 9.77. The third-order valence-electron chi connectivity index (χ3n) is 4.31. The molecule has 4 nitrogen and oxygen atoms in total. The number of carbonyl (C=O) groups excluding carboxylic acids is 2. The van der Waals surface area contributed by atoms with Gasteiger partial charge in [0, 0.05) is 23.4 Å². The minimum absolute atomic E-state index is 0.0102. The molecule has 0 aliphatic heterocycles. The highest BCUT2D eigenvalue weighted by atomic mass is 35.5. The highest BCUT2D eigenvalue weighted by molar-refractivity contribution is 6.37. The molecule has 2 rings (SSSR count). The zero-order valence-electron chi connectivity index (χ0n) is 15.3. The van der Waals surface area contributed by atoms with E-state index in [2.05, 4.69) is 0 Å². The summed E-state index contributed by atoms with van der Waals surface area (Å²) in [4.78, 5) is 24.9. The van der Waals surface area contributed by atoms with Gasteiger partial charge in [0.2, 0.25) is 0 Å². The maximum Gasteiger partial charge on any atom is 0.309 e. The molecule has 2 aromatic carbocycles. The summed E-state index contributed by atoms with van der Waals surface area (Å²) in [7, 11) is 0. The van der Waals surface area contributed by atoms with E-state index in [-0.39, 0.29) is 36.0 Å². The van der Waals surface area contributed by atoms with Crippen molar-refractivity contribution in [1.82, 2.24) is 0 Å². The smallest absolute Gasteiger partial charge is 0.309 e. The standard InChI is InChI=1S/C21H22Cl2O4/c1-3-27-21(26)16(9-14-7-5-4-6-8-14)11-17(24)10-15-12-18(22)13(2)19(23)20(15)25/h4-8,12,16,25H,3,9-11H2,1-2H3. The molecular formula is C21H22Cl2O4. The predicted molar refractivity (Wildman–Crippen MR) is 106 cm³/mol. The zero-order chi connectivity index (χ0) is 20.0. The van der Waals surface area contributed by atoms with Gasteiger partial charge in [0.1, 0.15) is 11.5 Å². The maximum atomic E-state index is 12.6. The van der Waals surface area contributed by atoms with Crippen molar-refractivity contribution < 1.29 is 19.4 Å². The van der Waals surface area contributed by atoms with Crippen molar-refractivity contribution in [1.29, 1.82) is 0 Å². The van der Waals surface area contributed by atoms with Crippen LogP contribution >= 0.6 is 23.2 Å². The SMILES string of the molecule is CCOC(=O)C(CC(=O)Cc1cc(Cl)c(C)c(Cl)c1O)Cc1ccccc1. The molecule has 0 aliphatic rings. The quantitative estimate of drug-likeness (QED) is 0.628. The van der Waals surface area contributed by atoms with E-state index >= 15 is 0 Å². The molecule has 0 bridgehead atoms. The summed E-state index contributed by atoms with van der Waals surface area (Å²) in [6.45, 7) is 3.67. The summed E-state index contributed by atoms with van der Waals surface area (Å²) in [6, 6.07) is 11.0. The second-order valence-corrected chi connectivity index (χ2v) is 7.15. The Labute approximate surface area is 169 Å². The number of halogens is 2. The Balaban J connectivity index is 2.15. The molecule has 0 saturated carbocycles. The van der Waals surface area contributed by atoms with E-state index in [0.29, 0.717) is 22.6 Å². The molecule has 1 atom stereocenters. The predicted octanol–water partition coefficient (Wildman–Crippen LogP) is 4.93. The van der Waals surface area contributed by atoms with E-state index in [0.717, 1.165) is 5.56 Å². The van der Waals surface area contributed by atoms with Crippen molar-refractivity contribution in [3.63, 3.8) is 0 Å². The molecular weight excluding hydrogens is 387 g/mol. The fourth-order valence-corrected chi connectivity index (χ4v) is 3.34. The summed E-state index contributed by atoms with van der Waals surface area (Å²) in [5.41, 5.74) is 1.86. The number of phenolic OH excluding ortho intramolecular Hbond substituents is 1. The molecule has 0 fully saturated rings. The molecule has 0 aliphatic carbocycles. The number of carbonyl (C=O) groups is 2. The molecule has 0 spiro atoms. The lowest BCUT2D eigenvalue weighted by molar-refractivity contribution is -0.149. The van der Waals surface area contributed by atoms with E-state index in [1.807, 2.05) is 30.3 Å². The summed E-state index contributed by atoms with van der Waals surface area (Å²) in [6.07, 6.45) is 0.360. The Kier molecular flexibility index (Phi) is 7.69. The third kappa shape index (κ3) is 5.72. The highest BCUT2D eigenvalue weighted by Gasteiger charge is 2.25. The molecule has 144 valence electrons. The number of ketones is 1. The van der Waals surface area contributed by atoms with Crippen molar-refractivity contribution in [3.05, 3.63) is 63.1 Å². The molecule has 0 saturated heterocycles. The van der Waals surface area contributed by atoms with Crippen LogP contribution in [0.25, 0.3) is 0 Å². The topological polar surface area (TPSA) is 63.6 Å². The van der Waals surface area contributed by atoms with Crippen molar-refractivity contribution in [3.8, 4) is 5.75 Å². The number of aromatic hydroxyl groups is 1. The van der Waals surface area contributed by atoms with Crippen molar-refractivity contribution in [2.45, 2.75) is 33.1 Å². The first-order chi connectivity index (χ1) is 12.8. The first-order valence-electron chi connectivity index (χ1n) is 8.72. The van der Waals surface area contributed by atoms with E-state index in [9.17, 15) is 14.7 Å². The van der Waals surface area contributed by atoms with Crippen LogP contribution in [0.15, 0.2) is 36.4 Å². The number of rotatable bonds is 8.